The molecule has 1 unspecified atom stereocenters. The number of hydrogen-bond donors (Lipinski definition) is 1. The second-order valence-electron chi connectivity index (χ2n) is 3.91. The molecule has 1 aromatic carbocycles. The number of rotatable bonds is 2. The molecule has 76 valence electrons. The Morgan fingerprint density at radius 1 is 1.20 bits per heavy atom. The summed E-state index contributed by atoms with van der Waals surface area (Å²) in [5, 5.41) is 3.33. The molecule has 1 aromatic rings. The molecule has 1 heteroatoms. The van der Waals surface area contributed by atoms with Crippen molar-refractivity contribution in [3.8, 4) is 0 Å². The molecule has 0 fully saturated rings. The predicted molar refractivity (Wildman–Crippen MR) is 65.3 cm³/mol. The summed E-state index contributed by atoms with van der Waals surface area (Å²) in [6.07, 6.45) is 8.11. The summed E-state index contributed by atoms with van der Waals surface area (Å²) in [6, 6.07) is 10.3. The van der Waals surface area contributed by atoms with Crippen LogP contribution in [-0.4, -0.2) is 5.54 Å². The van der Waals surface area contributed by atoms with Gasteiger partial charge in [-0.2, -0.15) is 0 Å². The summed E-state index contributed by atoms with van der Waals surface area (Å²) in [4.78, 5) is 0. The number of benzene rings is 1. The first-order chi connectivity index (χ1) is 7.22. The van der Waals surface area contributed by atoms with E-state index in [-0.39, 0.29) is 5.54 Å². The van der Waals surface area contributed by atoms with Crippen molar-refractivity contribution in [3.05, 3.63) is 66.9 Å². The van der Waals surface area contributed by atoms with Gasteiger partial charge in [-0.05, 0) is 30.3 Å². The van der Waals surface area contributed by atoms with Crippen LogP contribution < -0.4 is 5.32 Å². The average molecular weight is 197 g/mol. The molecular formula is C14H15N. The maximum Gasteiger partial charge on any atom is 0.0779 e. The van der Waals surface area contributed by atoms with E-state index >= 15 is 0 Å². The average Bonchev–Trinajstić information content (AvgIpc) is 2.30. The van der Waals surface area contributed by atoms with Crippen LogP contribution >= 0.6 is 0 Å². The van der Waals surface area contributed by atoms with Gasteiger partial charge < -0.3 is 5.32 Å². The normalized spacial score (nSPS) is 23.5. The lowest BCUT2D eigenvalue weighted by atomic mass is 9.86. The topological polar surface area (TPSA) is 12.0 Å². The Morgan fingerprint density at radius 2 is 1.93 bits per heavy atom. The first-order valence-electron chi connectivity index (χ1n) is 5.09. The first-order valence-corrected chi connectivity index (χ1v) is 5.09. The van der Waals surface area contributed by atoms with Crippen molar-refractivity contribution in [2.45, 2.75) is 12.5 Å². The zero-order chi connectivity index (χ0) is 10.7. The molecule has 0 saturated carbocycles. The fourth-order valence-corrected chi connectivity index (χ4v) is 1.70. The molecule has 1 nitrogen and oxygen atoms in total. The van der Waals surface area contributed by atoms with Crippen LogP contribution in [0.15, 0.2) is 61.3 Å². The van der Waals surface area contributed by atoms with E-state index in [4.69, 9.17) is 0 Å². The number of hydrogen-bond acceptors (Lipinski definition) is 1. The fourth-order valence-electron chi connectivity index (χ4n) is 1.70. The van der Waals surface area contributed by atoms with Crippen LogP contribution in [0.1, 0.15) is 12.5 Å². The van der Waals surface area contributed by atoms with Crippen molar-refractivity contribution in [3.63, 3.8) is 0 Å². The highest BCUT2D eigenvalue weighted by molar-refractivity contribution is 5.73. The van der Waals surface area contributed by atoms with E-state index in [0.717, 1.165) is 5.57 Å². The second-order valence-corrected chi connectivity index (χ2v) is 3.91. The lowest BCUT2D eigenvalue weighted by Crippen LogP contribution is -2.38. The Balaban J connectivity index is 2.29. The number of dihydropyridines is 1. The van der Waals surface area contributed by atoms with Gasteiger partial charge in [0.15, 0.2) is 0 Å². The lowest BCUT2D eigenvalue weighted by molar-refractivity contribution is 0.631. The Bertz CT molecular complexity index is 414. The molecule has 1 aliphatic rings. The van der Waals surface area contributed by atoms with Crippen molar-refractivity contribution in [1.82, 2.24) is 5.32 Å². The van der Waals surface area contributed by atoms with E-state index in [2.05, 4.69) is 37.0 Å². The van der Waals surface area contributed by atoms with Crippen molar-refractivity contribution < 1.29 is 0 Å². The highest BCUT2D eigenvalue weighted by Crippen LogP contribution is 2.27. The molecule has 0 radical (unpaired) electrons. The van der Waals surface area contributed by atoms with Gasteiger partial charge in [0, 0.05) is 0 Å². The summed E-state index contributed by atoms with van der Waals surface area (Å²) in [7, 11) is 0. The Labute approximate surface area is 90.8 Å². The third kappa shape index (κ3) is 1.86. The van der Waals surface area contributed by atoms with E-state index < -0.39 is 0 Å². The minimum atomic E-state index is -0.171. The molecule has 0 amide bonds. The van der Waals surface area contributed by atoms with Gasteiger partial charge in [-0.25, -0.2) is 0 Å². The largest absolute Gasteiger partial charge is 0.378 e. The Hall–Kier alpha value is -1.76. The SMILES string of the molecule is C=C(c1ccccc1)C1(C)C=CC=CN1. The minimum Gasteiger partial charge on any atom is -0.378 e. The third-order valence-corrected chi connectivity index (χ3v) is 2.77. The molecule has 2 rings (SSSR count). The molecule has 1 N–H and O–H groups in total. The van der Waals surface area contributed by atoms with Crippen LogP contribution in [0.2, 0.25) is 0 Å². The summed E-state index contributed by atoms with van der Waals surface area (Å²) in [6.45, 7) is 6.30. The molecule has 15 heavy (non-hydrogen) atoms. The maximum absolute atomic E-state index is 4.17. The van der Waals surface area contributed by atoms with Crippen LogP contribution in [-0.2, 0) is 0 Å². The van der Waals surface area contributed by atoms with E-state index in [9.17, 15) is 0 Å². The van der Waals surface area contributed by atoms with Gasteiger partial charge >= 0.3 is 0 Å². The molecule has 0 bridgehead atoms. The molecule has 0 aromatic heterocycles. The van der Waals surface area contributed by atoms with Gasteiger partial charge in [0.05, 0.1) is 5.54 Å². The number of allylic oxidation sites excluding steroid dienone is 2. The van der Waals surface area contributed by atoms with E-state index in [1.807, 2.05) is 36.6 Å². The minimum absolute atomic E-state index is 0.171. The van der Waals surface area contributed by atoms with Crippen LogP contribution in [0.3, 0.4) is 0 Å². The van der Waals surface area contributed by atoms with E-state index in [1.54, 1.807) is 0 Å². The van der Waals surface area contributed by atoms with Gasteiger partial charge in [-0.3, -0.25) is 0 Å². The Morgan fingerprint density at radius 3 is 2.53 bits per heavy atom. The van der Waals surface area contributed by atoms with Crippen molar-refractivity contribution in [2.75, 3.05) is 0 Å². The van der Waals surface area contributed by atoms with E-state index in [0.29, 0.717) is 0 Å². The Kier molecular flexibility index (Phi) is 2.46. The molecule has 0 aliphatic carbocycles. The van der Waals surface area contributed by atoms with Crippen molar-refractivity contribution in [2.24, 2.45) is 0 Å². The lowest BCUT2D eigenvalue weighted by Gasteiger charge is -2.31. The summed E-state index contributed by atoms with van der Waals surface area (Å²) >= 11 is 0. The van der Waals surface area contributed by atoms with Crippen molar-refractivity contribution in [1.29, 1.82) is 0 Å². The molecule has 0 saturated heterocycles. The van der Waals surface area contributed by atoms with Gasteiger partial charge in [-0.1, -0.05) is 49.1 Å². The number of nitrogens with one attached hydrogen (secondary N) is 1. The van der Waals surface area contributed by atoms with Crippen LogP contribution in [0.25, 0.3) is 5.57 Å². The standard InChI is InChI=1S/C14H15N/c1-12(13-8-4-3-5-9-13)14(2)10-6-7-11-15-14/h3-11,15H,1H2,2H3. The molecule has 1 aliphatic heterocycles. The van der Waals surface area contributed by atoms with Gasteiger partial charge in [0.2, 0.25) is 0 Å². The molecule has 1 heterocycles. The smallest absolute Gasteiger partial charge is 0.0779 e. The zero-order valence-electron chi connectivity index (χ0n) is 8.90. The highest BCUT2D eigenvalue weighted by Gasteiger charge is 2.24. The van der Waals surface area contributed by atoms with Gasteiger partial charge in [0.1, 0.15) is 0 Å². The van der Waals surface area contributed by atoms with Gasteiger partial charge in [-0.15, -0.1) is 0 Å². The highest BCUT2D eigenvalue weighted by atomic mass is 14.9. The van der Waals surface area contributed by atoms with E-state index in [1.165, 1.54) is 5.56 Å². The third-order valence-electron chi connectivity index (χ3n) is 2.77. The summed E-state index contributed by atoms with van der Waals surface area (Å²) in [5.41, 5.74) is 2.09. The van der Waals surface area contributed by atoms with Crippen LogP contribution in [0.4, 0.5) is 0 Å². The zero-order valence-corrected chi connectivity index (χ0v) is 8.90. The van der Waals surface area contributed by atoms with Gasteiger partial charge in [0.25, 0.3) is 0 Å². The van der Waals surface area contributed by atoms with Crippen LogP contribution in [0, 0.1) is 0 Å². The quantitative estimate of drug-likeness (QED) is 0.768. The maximum atomic E-state index is 4.17. The molecule has 1 atom stereocenters. The van der Waals surface area contributed by atoms with Crippen LogP contribution in [0.5, 0.6) is 0 Å². The summed E-state index contributed by atoms with van der Waals surface area (Å²) < 4.78 is 0. The first kappa shape index (κ1) is 9.78. The van der Waals surface area contributed by atoms with Crippen molar-refractivity contribution >= 4 is 5.57 Å². The molecule has 0 spiro atoms. The summed E-state index contributed by atoms with van der Waals surface area (Å²) in [5.74, 6) is 0. The molecular weight excluding hydrogens is 182 g/mol. The predicted octanol–water partition coefficient (Wildman–Crippen LogP) is 3.13. The second kappa shape index (κ2) is 3.77. The monoisotopic (exact) mass is 197 g/mol. The fraction of sp³-hybridized carbons (Fsp3) is 0.143.